The van der Waals surface area contributed by atoms with Crippen LogP contribution in [-0.4, -0.2) is 34.6 Å². The van der Waals surface area contributed by atoms with Gasteiger partial charge in [-0.1, -0.05) is 13.8 Å². The minimum Gasteiger partial charge on any atom is -0.464 e. The molecule has 0 radical (unpaired) electrons. The predicted octanol–water partition coefficient (Wildman–Crippen LogP) is 2.69. The zero-order valence-corrected chi connectivity index (χ0v) is 12.9. The molecule has 0 atom stereocenters. The van der Waals surface area contributed by atoms with Crippen molar-refractivity contribution in [3.8, 4) is 6.01 Å². The Bertz CT molecular complexity index is 439. The normalized spacial score (nSPS) is 18.6. The van der Waals surface area contributed by atoms with Crippen molar-refractivity contribution in [2.24, 2.45) is 5.41 Å². The predicted molar refractivity (Wildman–Crippen MR) is 80.2 cm³/mol. The molecule has 2 N–H and O–H groups in total. The SMILES string of the molecule is CCOc1nc(NC)nc(NC2CCC(C)(C)CC2)n1. The molecular formula is C14H25N5O. The molecule has 1 aromatic heterocycles. The third-order valence-corrected chi connectivity index (χ3v) is 3.78. The lowest BCUT2D eigenvalue weighted by Crippen LogP contribution is -2.30. The second-order valence-electron chi connectivity index (χ2n) is 6.03. The van der Waals surface area contributed by atoms with Crippen LogP contribution in [0.15, 0.2) is 0 Å². The Morgan fingerprint density at radius 2 is 1.80 bits per heavy atom. The van der Waals surface area contributed by atoms with Gasteiger partial charge in [-0.2, -0.15) is 15.0 Å². The van der Waals surface area contributed by atoms with Crippen LogP contribution in [0.4, 0.5) is 11.9 Å². The zero-order valence-electron chi connectivity index (χ0n) is 12.9. The molecule has 1 heterocycles. The number of ether oxygens (including phenoxy) is 1. The Morgan fingerprint density at radius 3 is 2.40 bits per heavy atom. The van der Waals surface area contributed by atoms with Crippen molar-refractivity contribution in [2.45, 2.75) is 52.5 Å². The van der Waals surface area contributed by atoms with Gasteiger partial charge in [-0.25, -0.2) is 0 Å². The van der Waals surface area contributed by atoms with Crippen molar-refractivity contribution in [1.82, 2.24) is 15.0 Å². The number of rotatable bonds is 5. The van der Waals surface area contributed by atoms with E-state index in [1.54, 1.807) is 7.05 Å². The average Bonchev–Trinajstić information content (AvgIpc) is 2.41. The fraction of sp³-hybridized carbons (Fsp3) is 0.786. The van der Waals surface area contributed by atoms with Crippen molar-refractivity contribution < 1.29 is 4.74 Å². The van der Waals surface area contributed by atoms with Crippen molar-refractivity contribution in [3.05, 3.63) is 0 Å². The average molecular weight is 279 g/mol. The van der Waals surface area contributed by atoms with Gasteiger partial charge in [-0.05, 0) is 38.0 Å². The maximum atomic E-state index is 5.37. The number of nitrogens with zero attached hydrogens (tertiary/aromatic N) is 3. The van der Waals surface area contributed by atoms with E-state index in [1.807, 2.05) is 6.92 Å². The highest BCUT2D eigenvalue weighted by Crippen LogP contribution is 2.35. The second-order valence-corrected chi connectivity index (χ2v) is 6.03. The molecule has 20 heavy (non-hydrogen) atoms. The molecule has 0 unspecified atom stereocenters. The van der Waals surface area contributed by atoms with E-state index in [-0.39, 0.29) is 0 Å². The molecule has 1 aliphatic carbocycles. The van der Waals surface area contributed by atoms with Crippen LogP contribution in [0.5, 0.6) is 6.01 Å². The van der Waals surface area contributed by atoms with Gasteiger partial charge in [0, 0.05) is 13.1 Å². The van der Waals surface area contributed by atoms with E-state index in [9.17, 15) is 0 Å². The maximum absolute atomic E-state index is 5.37. The van der Waals surface area contributed by atoms with Crippen molar-refractivity contribution in [1.29, 1.82) is 0 Å². The van der Waals surface area contributed by atoms with E-state index in [2.05, 4.69) is 39.4 Å². The highest BCUT2D eigenvalue weighted by molar-refractivity contribution is 5.36. The van der Waals surface area contributed by atoms with Crippen LogP contribution >= 0.6 is 0 Å². The topological polar surface area (TPSA) is 72.0 Å². The molecule has 0 amide bonds. The van der Waals surface area contributed by atoms with Crippen LogP contribution in [-0.2, 0) is 0 Å². The molecule has 0 spiro atoms. The lowest BCUT2D eigenvalue weighted by Gasteiger charge is -2.34. The first-order valence-electron chi connectivity index (χ1n) is 7.35. The van der Waals surface area contributed by atoms with E-state index >= 15 is 0 Å². The van der Waals surface area contributed by atoms with E-state index in [4.69, 9.17) is 4.74 Å². The molecule has 0 saturated heterocycles. The standard InChI is InChI=1S/C14H25N5O/c1-5-20-13-18-11(15-4)17-12(19-13)16-10-6-8-14(2,3)9-7-10/h10H,5-9H2,1-4H3,(H2,15,16,17,18,19). The van der Waals surface area contributed by atoms with Gasteiger partial charge in [0.15, 0.2) is 0 Å². The number of anilines is 2. The first-order valence-corrected chi connectivity index (χ1v) is 7.35. The minimum absolute atomic E-state index is 0.366. The number of aromatic nitrogens is 3. The lowest BCUT2D eigenvalue weighted by atomic mass is 9.76. The van der Waals surface area contributed by atoms with Gasteiger partial charge in [0.05, 0.1) is 6.61 Å². The number of nitrogens with one attached hydrogen (secondary N) is 2. The van der Waals surface area contributed by atoms with Gasteiger partial charge >= 0.3 is 6.01 Å². The Morgan fingerprint density at radius 1 is 1.15 bits per heavy atom. The van der Waals surface area contributed by atoms with E-state index < -0.39 is 0 Å². The fourth-order valence-corrected chi connectivity index (χ4v) is 2.45. The van der Waals surface area contributed by atoms with Crippen molar-refractivity contribution in [3.63, 3.8) is 0 Å². The summed E-state index contributed by atoms with van der Waals surface area (Å²) in [7, 11) is 1.79. The first-order chi connectivity index (χ1) is 9.52. The summed E-state index contributed by atoms with van der Waals surface area (Å²) in [6.45, 7) is 7.13. The highest BCUT2D eigenvalue weighted by atomic mass is 16.5. The smallest absolute Gasteiger partial charge is 0.323 e. The first kappa shape index (κ1) is 14.8. The Balaban J connectivity index is 2.03. The Labute approximate surface area is 120 Å². The lowest BCUT2D eigenvalue weighted by molar-refractivity contribution is 0.232. The summed E-state index contributed by atoms with van der Waals surface area (Å²) in [5, 5.41) is 6.34. The van der Waals surface area contributed by atoms with Gasteiger partial charge in [0.2, 0.25) is 11.9 Å². The molecule has 0 aromatic carbocycles. The minimum atomic E-state index is 0.366. The van der Waals surface area contributed by atoms with Crippen LogP contribution < -0.4 is 15.4 Å². The van der Waals surface area contributed by atoms with E-state index in [0.29, 0.717) is 36.0 Å². The largest absolute Gasteiger partial charge is 0.464 e. The fourth-order valence-electron chi connectivity index (χ4n) is 2.45. The Hall–Kier alpha value is -1.59. The van der Waals surface area contributed by atoms with Crippen molar-refractivity contribution in [2.75, 3.05) is 24.3 Å². The van der Waals surface area contributed by atoms with Gasteiger partial charge in [0.25, 0.3) is 0 Å². The maximum Gasteiger partial charge on any atom is 0.323 e. The van der Waals surface area contributed by atoms with Gasteiger partial charge in [-0.3, -0.25) is 0 Å². The molecule has 112 valence electrons. The number of hydrogen-bond donors (Lipinski definition) is 2. The molecule has 0 aliphatic heterocycles. The summed E-state index contributed by atoms with van der Waals surface area (Å²) in [4.78, 5) is 12.8. The monoisotopic (exact) mass is 279 g/mol. The Kier molecular flexibility index (Phi) is 4.62. The van der Waals surface area contributed by atoms with Gasteiger partial charge < -0.3 is 15.4 Å². The molecule has 0 bridgehead atoms. The van der Waals surface area contributed by atoms with E-state index in [1.165, 1.54) is 12.8 Å². The molecular weight excluding hydrogens is 254 g/mol. The number of hydrogen-bond acceptors (Lipinski definition) is 6. The summed E-state index contributed by atoms with van der Waals surface area (Å²) >= 11 is 0. The molecule has 1 saturated carbocycles. The summed E-state index contributed by atoms with van der Waals surface area (Å²) in [5.41, 5.74) is 0.462. The van der Waals surface area contributed by atoms with Crippen LogP contribution in [0.3, 0.4) is 0 Å². The molecule has 6 nitrogen and oxygen atoms in total. The second kappa shape index (κ2) is 6.24. The quantitative estimate of drug-likeness (QED) is 0.863. The van der Waals surface area contributed by atoms with Crippen LogP contribution in [0.25, 0.3) is 0 Å². The van der Waals surface area contributed by atoms with E-state index in [0.717, 1.165) is 12.8 Å². The highest BCUT2D eigenvalue weighted by Gasteiger charge is 2.27. The van der Waals surface area contributed by atoms with Crippen LogP contribution in [0.2, 0.25) is 0 Å². The summed E-state index contributed by atoms with van der Waals surface area (Å²) in [5.74, 6) is 1.12. The summed E-state index contributed by atoms with van der Waals surface area (Å²) in [6.07, 6.45) is 4.76. The molecule has 1 aromatic rings. The third kappa shape index (κ3) is 3.95. The molecule has 6 heteroatoms. The molecule has 1 aliphatic rings. The van der Waals surface area contributed by atoms with Gasteiger partial charge in [0.1, 0.15) is 0 Å². The third-order valence-electron chi connectivity index (χ3n) is 3.78. The molecule has 2 rings (SSSR count). The summed E-state index contributed by atoms with van der Waals surface area (Å²) in [6, 6.07) is 0.801. The van der Waals surface area contributed by atoms with Gasteiger partial charge in [-0.15, -0.1) is 0 Å². The summed E-state index contributed by atoms with van der Waals surface area (Å²) < 4.78 is 5.37. The van der Waals surface area contributed by atoms with Crippen molar-refractivity contribution >= 4 is 11.9 Å². The molecule has 1 fully saturated rings. The zero-order chi connectivity index (χ0) is 14.6. The van der Waals surface area contributed by atoms with Crippen LogP contribution in [0.1, 0.15) is 46.5 Å². The van der Waals surface area contributed by atoms with Crippen LogP contribution in [0, 0.1) is 5.41 Å².